The first-order valence-electron chi connectivity index (χ1n) is 7.97. The van der Waals surface area contributed by atoms with Crippen LogP contribution in [0.15, 0.2) is 60.7 Å². The molecule has 0 saturated heterocycles. The molecule has 3 rings (SSSR count). The zero-order chi connectivity index (χ0) is 21.4. The van der Waals surface area contributed by atoms with Crippen LogP contribution in [0.25, 0.3) is 22.5 Å². The number of aromatic nitrogens is 1. The number of rotatable bonds is 3. The predicted molar refractivity (Wildman–Crippen MR) is 91.8 cm³/mol. The van der Waals surface area contributed by atoms with Crippen LogP contribution < -0.4 is 0 Å². The Bertz CT molecular complexity index is 1080. The molecule has 3 aromatic rings. The van der Waals surface area contributed by atoms with Crippen molar-refractivity contribution in [2.24, 2.45) is 0 Å². The lowest BCUT2D eigenvalue weighted by atomic mass is 10.0. The summed E-state index contributed by atoms with van der Waals surface area (Å²) in [5.74, 6) is 0. The monoisotopic (exact) mass is 412 g/mol. The van der Waals surface area contributed by atoms with Crippen LogP contribution in [-0.2, 0) is 12.4 Å². The number of nitro groups is 1. The topological polar surface area (TPSA) is 56.0 Å². The molecule has 0 N–H and O–H groups in total. The van der Waals surface area contributed by atoms with Gasteiger partial charge in [-0.05, 0) is 30.3 Å². The lowest BCUT2D eigenvalue weighted by Crippen LogP contribution is -2.05. The van der Waals surface area contributed by atoms with Gasteiger partial charge >= 0.3 is 12.4 Å². The van der Waals surface area contributed by atoms with E-state index in [1.165, 1.54) is 12.1 Å². The van der Waals surface area contributed by atoms with E-state index in [0.29, 0.717) is 6.07 Å². The highest BCUT2D eigenvalue weighted by Crippen LogP contribution is 2.36. The number of hydrogen-bond donors (Lipinski definition) is 0. The van der Waals surface area contributed by atoms with Crippen LogP contribution in [0, 0.1) is 10.1 Å². The summed E-state index contributed by atoms with van der Waals surface area (Å²) in [6.45, 7) is 0. The zero-order valence-electron chi connectivity index (χ0n) is 14.3. The summed E-state index contributed by atoms with van der Waals surface area (Å²) in [6, 6.07) is 10.0. The number of halogens is 6. The fourth-order valence-corrected chi connectivity index (χ4v) is 2.67. The molecule has 1 heterocycles. The number of nitrogens with zero attached hydrogens (tertiary/aromatic N) is 2. The Labute approximate surface area is 159 Å². The fourth-order valence-electron chi connectivity index (χ4n) is 2.67. The van der Waals surface area contributed by atoms with Crippen molar-refractivity contribution in [1.29, 1.82) is 0 Å². The number of pyridine rings is 1. The van der Waals surface area contributed by atoms with Crippen molar-refractivity contribution in [2.75, 3.05) is 0 Å². The van der Waals surface area contributed by atoms with Gasteiger partial charge in [-0.15, -0.1) is 0 Å². The molecule has 150 valence electrons. The summed E-state index contributed by atoms with van der Waals surface area (Å²) in [5.41, 5.74) is -3.14. The van der Waals surface area contributed by atoms with Crippen LogP contribution in [0.4, 0.5) is 32.0 Å². The van der Waals surface area contributed by atoms with Gasteiger partial charge in [0.25, 0.3) is 5.69 Å². The first kappa shape index (κ1) is 20.3. The molecule has 0 radical (unpaired) electrons. The molecular formula is C19H10F6N2O2. The maximum absolute atomic E-state index is 13.0. The molecule has 0 unspecified atom stereocenters. The Morgan fingerprint density at radius 1 is 0.759 bits per heavy atom. The number of alkyl halides is 6. The zero-order valence-corrected chi connectivity index (χ0v) is 14.3. The summed E-state index contributed by atoms with van der Waals surface area (Å²) in [4.78, 5) is 14.5. The van der Waals surface area contributed by atoms with Crippen molar-refractivity contribution in [3.63, 3.8) is 0 Å². The van der Waals surface area contributed by atoms with Crippen LogP contribution in [0.1, 0.15) is 11.1 Å². The van der Waals surface area contributed by atoms with Gasteiger partial charge < -0.3 is 0 Å². The summed E-state index contributed by atoms with van der Waals surface area (Å²) >= 11 is 0. The maximum Gasteiger partial charge on any atom is 0.416 e. The van der Waals surface area contributed by atoms with Gasteiger partial charge in [0.2, 0.25) is 0 Å². The Hall–Kier alpha value is -3.43. The van der Waals surface area contributed by atoms with E-state index < -0.39 is 34.1 Å². The number of benzene rings is 2. The summed E-state index contributed by atoms with van der Waals surface area (Å²) < 4.78 is 77.8. The van der Waals surface area contributed by atoms with Crippen molar-refractivity contribution in [3.8, 4) is 22.5 Å². The average molecular weight is 412 g/mol. The molecule has 0 amide bonds. The van der Waals surface area contributed by atoms with Crippen molar-refractivity contribution in [3.05, 3.63) is 81.9 Å². The largest absolute Gasteiger partial charge is 0.416 e. The maximum atomic E-state index is 13.0. The average Bonchev–Trinajstić information content (AvgIpc) is 2.66. The molecule has 0 saturated carbocycles. The molecule has 0 fully saturated rings. The molecule has 0 atom stereocenters. The lowest BCUT2D eigenvalue weighted by molar-refractivity contribution is -0.384. The minimum Gasteiger partial charge on any atom is -0.258 e. The molecule has 2 aromatic carbocycles. The van der Waals surface area contributed by atoms with Crippen LogP contribution in [0.5, 0.6) is 0 Å². The Morgan fingerprint density at radius 2 is 1.28 bits per heavy atom. The van der Waals surface area contributed by atoms with E-state index in [4.69, 9.17) is 0 Å². The van der Waals surface area contributed by atoms with Crippen molar-refractivity contribution < 1.29 is 31.3 Å². The Morgan fingerprint density at radius 3 is 1.79 bits per heavy atom. The van der Waals surface area contributed by atoms with E-state index in [-0.39, 0.29) is 22.5 Å². The van der Waals surface area contributed by atoms with Gasteiger partial charge in [0.1, 0.15) is 5.69 Å². The third-order valence-electron chi connectivity index (χ3n) is 4.02. The highest BCUT2D eigenvalue weighted by atomic mass is 19.4. The minimum absolute atomic E-state index is 0.0166. The van der Waals surface area contributed by atoms with E-state index in [9.17, 15) is 36.5 Å². The van der Waals surface area contributed by atoms with Gasteiger partial charge in [0.05, 0.1) is 21.7 Å². The normalized spacial score (nSPS) is 12.1. The van der Waals surface area contributed by atoms with Gasteiger partial charge in [-0.25, -0.2) is 4.98 Å². The van der Waals surface area contributed by atoms with Crippen LogP contribution in [0.3, 0.4) is 0 Å². The van der Waals surface area contributed by atoms with Crippen LogP contribution in [-0.4, -0.2) is 9.91 Å². The molecule has 0 aliphatic heterocycles. The molecule has 29 heavy (non-hydrogen) atoms. The van der Waals surface area contributed by atoms with Gasteiger partial charge in [-0.2, -0.15) is 26.3 Å². The summed E-state index contributed by atoms with van der Waals surface area (Å²) in [6.07, 6.45) is -9.29. The molecule has 10 heteroatoms. The first-order chi connectivity index (χ1) is 13.5. The minimum atomic E-state index is -4.68. The molecular weight excluding hydrogens is 402 g/mol. The lowest BCUT2D eigenvalue weighted by Gasteiger charge is -2.11. The predicted octanol–water partition coefficient (Wildman–Crippen LogP) is 6.36. The fraction of sp³-hybridized carbons (Fsp3) is 0.105. The second kappa shape index (κ2) is 7.19. The van der Waals surface area contributed by atoms with Gasteiger partial charge in [-0.1, -0.05) is 24.3 Å². The first-order valence-corrected chi connectivity index (χ1v) is 7.97. The molecule has 1 aromatic heterocycles. The third-order valence-corrected chi connectivity index (χ3v) is 4.02. The second-order valence-electron chi connectivity index (χ2n) is 5.98. The Kier molecular flexibility index (Phi) is 5.04. The van der Waals surface area contributed by atoms with Gasteiger partial charge in [0, 0.05) is 17.2 Å². The number of hydrogen-bond acceptors (Lipinski definition) is 3. The molecule has 4 nitrogen and oxygen atoms in total. The van der Waals surface area contributed by atoms with Crippen molar-refractivity contribution in [1.82, 2.24) is 4.98 Å². The smallest absolute Gasteiger partial charge is 0.258 e. The molecule has 0 aliphatic carbocycles. The van der Waals surface area contributed by atoms with E-state index in [1.807, 2.05) is 0 Å². The van der Waals surface area contributed by atoms with Gasteiger partial charge in [0.15, 0.2) is 0 Å². The Balaban J connectivity index is 2.17. The van der Waals surface area contributed by atoms with E-state index in [1.54, 1.807) is 0 Å². The molecule has 0 spiro atoms. The van der Waals surface area contributed by atoms with E-state index in [0.717, 1.165) is 42.5 Å². The standard InChI is InChI=1S/C19H10F6N2O2/c20-18(21,22)13-5-1-3-11(9-13)15-7-8-16(27(28)29)17(26-15)12-4-2-6-14(10-12)19(23,24)25/h1-10H. The van der Waals surface area contributed by atoms with Crippen molar-refractivity contribution in [2.45, 2.75) is 12.4 Å². The molecule has 0 bridgehead atoms. The highest BCUT2D eigenvalue weighted by molar-refractivity contribution is 5.74. The molecule has 0 aliphatic rings. The summed E-state index contributed by atoms with van der Waals surface area (Å²) in [7, 11) is 0. The highest BCUT2D eigenvalue weighted by Gasteiger charge is 2.32. The van der Waals surface area contributed by atoms with Crippen LogP contribution >= 0.6 is 0 Å². The van der Waals surface area contributed by atoms with Crippen molar-refractivity contribution >= 4 is 5.69 Å². The third kappa shape index (κ3) is 4.36. The SMILES string of the molecule is O=[N+]([O-])c1ccc(-c2cccc(C(F)(F)F)c2)nc1-c1cccc(C(F)(F)F)c1. The van der Waals surface area contributed by atoms with Gasteiger partial charge in [-0.3, -0.25) is 10.1 Å². The van der Waals surface area contributed by atoms with Crippen LogP contribution in [0.2, 0.25) is 0 Å². The summed E-state index contributed by atoms with van der Waals surface area (Å²) in [5, 5.41) is 11.3. The van der Waals surface area contributed by atoms with E-state index >= 15 is 0 Å². The van der Waals surface area contributed by atoms with E-state index in [2.05, 4.69) is 4.98 Å². The quantitative estimate of drug-likeness (QED) is 0.286. The second-order valence-corrected chi connectivity index (χ2v) is 5.98.